The summed E-state index contributed by atoms with van der Waals surface area (Å²) in [5, 5.41) is 0. The molecule has 0 bridgehead atoms. The molecule has 1 saturated carbocycles. The second kappa shape index (κ2) is 7.88. The summed E-state index contributed by atoms with van der Waals surface area (Å²) in [5.74, 6) is -1.62. The fourth-order valence-electron chi connectivity index (χ4n) is 3.94. The highest BCUT2D eigenvalue weighted by molar-refractivity contribution is 5.82. The van der Waals surface area contributed by atoms with Crippen molar-refractivity contribution in [3.8, 4) is 0 Å². The van der Waals surface area contributed by atoms with Crippen LogP contribution in [-0.2, 0) is 9.53 Å². The van der Waals surface area contributed by atoms with E-state index in [1.807, 2.05) is 30.3 Å². The number of nitrogens with zero attached hydrogens (tertiary/aromatic N) is 2. The molecule has 8 heteroatoms. The van der Waals surface area contributed by atoms with E-state index < -0.39 is 23.8 Å². The van der Waals surface area contributed by atoms with Crippen molar-refractivity contribution in [2.24, 2.45) is 0 Å². The Morgan fingerprint density at radius 3 is 2.17 bits per heavy atom. The normalized spacial score (nSPS) is 22.9. The van der Waals surface area contributed by atoms with Crippen LogP contribution in [0.2, 0.25) is 0 Å². The molecule has 2 aliphatic rings. The molecule has 29 heavy (non-hydrogen) atoms. The van der Waals surface area contributed by atoms with Gasteiger partial charge in [-0.2, -0.15) is 13.2 Å². The SMILES string of the molecule is CC(C)(C)OC(=O)N(C1CCN(C(=O)C(F)(F)F)CC1)C1CC1c1ccccc1. The van der Waals surface area contributed by atoms with E-state index in [0.29, 0.717) is 12.8 Å². The molecule has 3 rings (SSSR count). The van der Waals surface area contributed by atoms with Gasteiger partial charge in [0.2, 0.25) is 0 Å². The molecule has 2 unspecified atom stereocenters. The molecule has 1 saturated heterocycles. The molecule has 1 aliphatic heterocycles. The van der Waals surface area contributed by atoms with E-state index in [2.05, 4.69) is 0 Å². The van der Waals surface area contributed by atoms with Gasteiger partial charge >= 0.3 is 18.2 Å². The smallest absolute Gasteiger partial charge is 0.444 e. The van der Waals surface area contributed by atoms with Crippen molar-refractivity contribution in [3.63, 3.8) is 0 Å². The quantitative estimate of drug-likeness (QED) is 0.742. The molecule has 0 radical (unpaired) electrons. The second-order valence-corrected chi connectivity index (χ2v) is 8.73. The Balaban J connectivity index is 1.72. The number of carbonyl (C=O) groups is 2. The van der Waals surface area contributed by atoms with E-state index in [1.54, 1.807) is 25.7 Å². The Morgan fingerprint density at radius 1 is 1.07 bits per heavy atom. The first-order valence-electron chi connectivity index (χ1n) is 9.90. The summed E-state index contributed by atoms with van der Waals surface area (Å²) < 4.78 is 43.7. The van der Waals surface area contributed by atoms with Crippen LogP contribution in [0.4, 0.5) is 18.0 Å². The molecular weight excluding hydrogens is 385 g/mol. The van der Waals surface area contributed by atoms with Crippen LogP contribution in [-0.4, -0.2) is 58.8 Å². The van der Waals surface area contributed by atoms with E-state index in [4.69, 9.17) is 4.74 Å². The zero-order valence-electron chi connectivity index (χ0n) is 16.9. The minimum absolute atomic E-state index is 0.0228. The van der Waals surface area contributed by atoms with E-state index in [1.165, 1.54) is 0 Å². The van der Waals surface area contributed by atoms with E-state index >= 15 is 0 Å². The lowest BCUT2D eigenvalue weighted by Gasteiger charge is -2.39. The minimum Gasteiger partial charge on any atom is -0.444 e. The number of carbonyl (C=O) groups excluding carboxylic acids is 2. The average Bonchev–Trinajstić information content (AvgIpc) is 3.40. The van der Waals surface area contributed by atoms with Gasteiger partial charge in [0, 0.05) is 31.1 Å². The van der Waals surface area contributed by atoms with Crippen LogP contribution in [0.5, 0.6) is 0 Å². The lowest BCUT2D eigenvalue weighted by Crippen LogP contribution is -2.53. The van der Waals surface area contributed by atoms with E-state index in [0.717, 1.165) is 16.9 Å². The third-order valence-electron chi connectivity index (χ3n) is 5.33. The van der Waals surface area contributed by atoms with Crippen LogP contribution in [0, 0.1) is 0 Å². The first-order valence-corrected chi connectivity index (χ1v) is 9.90. The fourth-order valence-corrected chi connectivity index (χ4v) is 3.94. The molecule has 0 spiro atoms. The van der Waals surface area contributed by atoms with Crippen molar-refractivity contribution in [2.75, 3.05) is 13.1 Å². The zero-order valence-corrected chi connectivity index (χ0v) is 16.9. The number of ether oxygens (including phenoxy) is 1. The average molecular weight is 412 g/mol. The maximum Gasteiger partial charge on any atom is 0.471 e. The number of halogens is 3. The summed E-state index contributed by atoms with van der Waals surface area (Å²) in [6.07, 6.45) is -3.91. The molecule has 2 amide bonds. The molecule has 1 aliphatic carbocycles. The maximum atomic E-state index is 12.9. The molecule has 1 heterocycles. The summed E-state index contributed by atoms with van der Waals surface area (Å²) in [6.45, 7) is 5.32. The molecule has 2 fully saturated rings. The van der Waals surface area contributed by atoms with Crippen molar-refractivity contribution in [1.29, 1.82) is 0 Å². The van der Waals surface area contributed by atoms with Crippen LogP contribution in [0.25, 0.3) is 0 Å². The molecule has 0 N–H and O–H groups in total. The summed E-state index contributed by atoms with van der Waals surface area (Å²) in [6, 6.07) is 9.57. The van der Waals surface area contributed by atoms with Gasteiger partial charge in [0.05, 0.1) is 0 Å². The number of piperidine rings is 1. The number of hydrogen-bond acceptors (Lipinski definition) is 3. The number of alkyl halides is 3. The third-order valence-corrected chi connectivity index (χ3v) is 5.33. The maximum absolute atomic E-state index is 12.9. The summed E-state index contributed by atoms with van der Waals surface area (Å²) in [4.78, 5) is 27.0. The van der Waals surface area contributed by atoms with Crippen LogP contribution in [0.3, 0.4) is 0 Å². The molecular formula is C21H27F3N2O3. The monoisotopic (exact) mass is 412 g/mol. The first-order chi connectivity index (χ1) is 13.5. The van der Waals surface area contributed by atoms with E-state index in [9.17, 15) is 22.8 Å². The van der Waals surface area contributed by atoms with Crippen molar-refractivity contribution < 1.29 is 27.5 Å². The highest BCUT2D eigenvalue weighted by Gasteiger charge is 2.50. The molecule has 1 aromatic rings. The number of benzene rings is 1. The Morgan fingerprint density at radius 2 is 1.66 bits per heavy atom. The minimum atomic E-state index is -4.87. The lowest BCUT2D eigenvalue weighted by atomic mass is 10.0. The fraction of sp³-hybridized carbons (Fsp3) is 0.619. The van der Waals surface area contributed by atoms with Crippen molar-refractivity contribution in [3.05, 3.63) is 35.9 Å². The predicted octanol–water partition coefficient (Wildman–Crippen LogP) is 4.33. The molecule has 2 atom stereocenters. The largest absolute Gasteiger partial charge is 0.471 e. The molecule has 5 nitrogen and oxygen atoms in total. The van der Waals surface area contributed by atoms with Gasteiger partial charge < -0.3 is 14.5 Å². The Hall–Kier alpha value is -2.25. The molecule has 0 aromatic heterocycles. The molecule has 1 aromatic carbocycles. The van der Waals surface area contributed by atoms with Gasteiger partial charge in [-0.05, 0) is 45.6 Å². The topological polar surface area (TPSA) is 49.9 Å². The number of likely N-dealkylation sites (tertiary alicyclic amines) is 1. The number of amides is 2. The zero-order chi connectivity index (χ0) is 21.4. The van der Waals surface area contributed by atoms with Gasteiger partial charge in [-0.15, -0.1) is 0 Å². The summed E-state index contributed by atoms with van der Waals surface area (Å²) >= 11 is 0. The van der Waals surface area contributed by atoms with Crippen LogP contribution in [0.1, 0.15) is 51.5 Å². The standard InChI is InChI=1S/C21H27F3N2O3/c1-20(2,3)29-19(28)26(17-13-16(17)14-7-5-4-6-8-14)15-9-11-25(12-10-15)18(27)21(22,23)24/h4-8,15-17H,9-13H2,1-3H3. The number of hydrogen-bond donors (Lipinski definition) is 0. The van der Waals surface area contributed by atoms with Crippen LogP contribution >= 0.6 is 0 Å². The Labute approximate surface area is 168 Å². The Kier molecular flexibility index (Phi) is 5.83. The third kappa shape index (κ3) is 5.22. The van der Waals surface area contributed by atoms with Crippen LogP contribution < -0.4 is 0 Å². The van der Waals surface area contributed by atoms with Gasteiger partial charge in [-0.25, -0.2) is 4.79 Å². The van der Waals surface area contributed by atoms with Gasteiger partial charge in [-0.3, -0.25) is 4.79 Å². The first kappa shape index (κ1) is 21.5. The highest BCUT2D eigenvalue weighted by Crippen LogP contribution is 2.46. The van der Waals surface area contributed by atoms with Gasteiger partial charge in [-0.1, -0.05) is 30.3 Å². The van der Waals surface area contributed by atoms with Crippen molar-refractivity contribution in [2.45, 2.75) is 69.8 Å². The van der Waals surface area contributed by atoms with Gasteiger partial charge in [0.25, 0.3) is 0 Å². The number of rotatable bonds is 3. The van der Waals surface area contributed by atoms with Gasteiger partial charge in [0.15, 0.2) is 0 Å². The highest BCUT2D eigenvalue weighted by atomic mass is 19.4. The van der Waals surface area contributed by atoms with Crippen molar-refractivity contribution in [1.82, 2.24) is 9.80 Å². The summed E-state index contributed by atoms with van der Waals surface area (Å²) in [5.41, 5.74) is 0.468. The van der Waals surface area contributed by atoms with Gasteiger partial charge in [0.1, 0.15) is 5.60 Å². The van der Waals surface area contributed by atoms with Crippen molar-refractivity contribution >= 4 is 12.0 Å². The predicted molar refractivity (Wildman–Crippen MR) is 101 cm³/mol. The molecule has 160 valence electrons. The second-order valence-electron chi connectivity index (χ2n) is 8.73. The van der Waals surface area contributed by atoms with Crippen LogP contribution in [0.15, 0.2) is 30.3 Å². The lowest BCUT2D eigenvalue weighted by molar-refractivity contribution is -0.186. The Bertz CT molecular complexity index is 738. The summed E-state index contributed by atoms with van der Waals surface area (Å²) in [7, 11) is 0. The van der Waals surface area contributed by atoms with E-state index in [-0.39, 0.29) is 31.1 Å².